The number of phenolic OH excluding ortho intramolecular Hbond substituents is 2. The molecule has 0 fully saturated rings. The Morgan fingerprint density at radius 3 is 1.54 bits per heavy atom. The van der Waals surface area contributed by atoms with Crippen molar-refractivity contribution in [1.82, 2.24) is 0 Å². The maximum atomic E-state index is 9.99. The van der Waals surface area contributed by atoms with Gasteiger partial charge in [0.25, 0.3) is 0 Å². The summed E-state index contributed by atoms with van der Waals surface area (Å²) in [6.45, 7) is 1.44. The van der Waals surface area contributed by atoms with Gasteiger partial charge in [0.1, 0.15) is 0 Å². The molecule has 0 atom stereocenters. The van der Waals surface area contributed by atoms with Crippen molar-refractivity contribution in [3.8, 4) is 23.0 Å². The fourth-order valence-corrected chi connectivity index (χ4v) is 2.70. The van der Waals surface area contributed by atoms with Crippen LogP contribution in [0.5, 0.6) is 23.0 Å². The minimum Gasteiger partial charge on any atom is -0.504 e. The van der Waals surface area contributed by atoms with E-state index in [2.05, 4.69) is 9.98 Å². The van der Waals surface area contributed by atoms with Crippen LogP contribution < -0.4 is 9.47 Å². The fourth-order valence-electron chi connectivity index (χ4n) is 2.70. The smallest absolute Gasteiger partial charge is 0.166 e. The number of aromatic hydroxyl groups is 2. The number of nitrogens with zero attached hydrogens (tertiary/aromatic N) is 2. The van der Waals surface area contributed by atoms with Crippen LogP contribution in [0.2, 0.25) is 0 Å². The van der Waals surface area contributed by atoms with Gasteiger partial charge in [-0.15, -0.1) is 0 Å². The van der Waals surface area contributed by atoms with E-state index in [4.69, 9.17) is 9.47 Å². The quantitative estimate of drug-likeness (QED) is 0.449. The third-order valence-electron chi connectivity index (χ3n) is 4.29. The van der Waals surface area contributed by atoms with Crippen LogP contribution in [0.3, 0.4) is 0 Å². The van der Waals surface area contributed by atoms with Crippen LogP contribution in [0.25, 0.3) is 0 Å². The molecule has 28 heavy (non-hydrogen) atoms. The van der Waals surface area contributed by atoms with Gasteiger partial charge in [-0.05, 0) is 37.1 Å². The van der Waals surface area contributed by atoms with E-state index in [0.717, 1.165) is 38.8 Å². The molecule has 6 nitrogen and oxygen atoms in total. The number of hydrogen-bond donors (Lipinski definition) is 2. The lowest BCUT2D eigenvalue weighted by Crippen LogP contribution is -1.91. The van der Waals surface area contributed by atoms with Gasteiger partial charge in [-0.2, -0.15) is 0 Å². The third kappa shape index (κ3) is 6.30. The van der Waals surface area contributed by atoms with E-state index in [0.29, 0.717) is 22.6 Å². The van der Waals surface area contributed by atoms with Crippen LogP contribution in [0.1, 0.15) is 36.8 Å². The number of rotatable bonds is 11. The van der Waals surface area contributed by atoms with Crippen molar-refractivity contribution in [3.63, 3.8) is 0 Å². The summed E-state index contributed by atoms with van der Waals surface area (Å²) in [6.07, 6.45) is 7.48. The van der Waals surface area contributed by atoms with Crippen molar-refractivity contribution >= 4 is 12.4 Å². The molecule has 2 rings (SSSR count). The molecule has 0 aromatic heterocycles. The minimum atomic E-state index is 0.119. The average molecular weight is 384 g/mol. The summed E-state index contributed by atoms with van der Waals surface area (Å²) >= 11 is 0. The number of ether oxygens (including phenoxy) is 2. The zero-order chi connectivity index (χ0) is 20.2. The van der Waals surface area contributed by atoms with Gasteiger partial charge < -0.3 is 19.7 Å². The molecule has 0 spiro atoms. The second-order valence-electron chi connectivity index (χ2n) is 6.28. The van der Waals surface area contributed by atoms with E-state index in [-0.39, 0.29) is 11.5 Å². The standard InChI is InChI=1S/C22H28N2O4/c1-27-19-11-7-9-17(21(19)25)15-23-13-5-3-4-6-14-24-16-18-10-8-12-20(28-2)22(18)26/h7-12,15-16,25-26H,3-6,13-14H2,1-2H3. The molecule has 2 aromatic carbocycles. The van der Waals surface area contributed by atoms with Gasteiger partial charge in [-0.25, -0.2) is 0 Å². The first-order valence-electron chi connectivity index (χ1n) is 9.39. The van der Waals surface area contributed by atoms with E-state index < -0.39 is 0 Å². The highest BCUT2D eigenvalue weighted by Gasteiger charge is 2.05. The Labute approximate surface area is 166 Å². The molecular weight excluding hydrogens is 356 g/mol. The normalized spacial score (nSPS) is 11.4. The Morgan fingerprint density at radius 1 is 0.714 bits per heavy atom. The van der Waals surface area contributed by atoms with Gasteiger partial charge in [0.05, 0.1) is 14.2 Å². The van der Waals surface area contributed by atoms with E-state index >= 15 is 0 Å². The van der Waals surface area contributed by atoms with Crippen LogP contribution >= 0.6 is 0 Å². The second kappa shape index (κ2) is 11.6. The maximum absolute atomic E-state index is 9.99. The van der Waals surface area contributed by atoms with Crippen LogP contribution in [-0.2, 0) is 0 Å². The largest absolute Gasteiger partial charge is 0.504 e. The SMILES string of the molecule is COc1cccc(C=NCCCCCCN=Cc2cccc(OC)c2O)c1O. The second-order valence-corrected chi connectivity index (χ2v) is 6.28. The van der Waals surface area contributed by atoms with E-state index in [9.17, 15) is 10.2 Å². The predicted molar refractivity (Wildman–Crippen MR) is 113 cm³/mol. The summed E-state index contributed by atoms with van der Waals surface area (Å²) in [7, 11) is 3.05. The number of benzene rings is 2. The number of unbranched alkanes of at least 4 members (excludes halogenated alkanes) is 3. The van der Waals surface area contributed by atoms with Gasteiger partial charge in [-0.3, -0.25) is 9.98 Å². The summed E-state index contributed by atoms with van der Waals surface area (Å²) in [4.78, 5) is 8.74. The highest BCUT2D eigenvalue weighted by atomic mass is 16.5. The molecule has 0 radical (unpaired) electrons. The summed E-state index contributed by atoms with van der Waals surface area (Å²) in [5, 5.41) is 20.0. The van der Waals surface area contributed by atoms with Crippen molar-refractivity contribution in [3.05, 3.63) is 47.5 Å². The van der Waals surface area contributed by atoms with Crippen molar-refractivity contribution in [2.24, 2.45) is 9.98 Å². The molecule has 0 heterocycles. The van der Waals surface area contributed by atoms with Gasteiger partial charge >= 0.3 is 0 Å². The zero-order valence-electron chi connectivity index (χ0n) is 16.5. The molecule has 0 saturated heterocycles. The summed E-state index contributed by atoms with van der Waals surface area (Å²) in [5.41, 5.74) is 1.32. The zero-order valence-corrected chi connectivity index (χ0v) is 16.5. The molecule has 6 heteroatoms. The first-order valence-corrected chi connectivity index (χ1v) is 9.39. The molecule has 0 aliphatic rings. The number of methoxy groups -OCH3 is 2. The van der Waals surface area contributed by atoms with E-state index in [1.54, 1.807) is 36.7 Å². The Balaban J connectivity index is 1.62. The van der Waals surface area contributed by atoms with Crippen molar-refractivity contribution in [2.45, 2.75) is 25.7 Å². The third-order valence-corrected chi connectivity index (χ3v) is 4.29. The molecule has 0 aliphatic carbocycles. The summed E-state index contributed by atoms with van der Waals surface area (Å²) in [5.74, 6) is 1.14. The fraction of sp³-hybridized carbons (Fsp3) is 0.364. The highest BCUT2D eigenvalue weighted by Crippen LogP contribution is 2.28. The van der Waals surface area contributed by atoms with Crippen LogP contribution in [0, 0.1) is 0 Å². The Bertz CT molecular complexity index is 736. The topological polar surface area (TPSA) is 83.6 Å². The Hall–Kier alpha value is -3.02. The van der Waals surface area contributed by atoms with Crippen LogP contribution in [0.15, 0.2) is 46.4 Å². The average Bonchev–Trinajstić information content (AvgIpc) is 2.71. The van der Waals surface area contributed by atoms with Crippen LogP contribution in [-0.4, -0.2) is 50.0 Å². The Kier molecular flexibility index (Phi) is 8.85. The van der Waals surface area contributed by atoms with Crippen molar-refractivity contribution < 1.29 is 19.7 Å². The van der Waals surface area contributed by atoms with Gasteiger partial charge in [0.2, 0.25) is 0 Å². The minimum absolute atomic E-state index is 0.119. The molecule has 0 aliphatic heterocycles. The molecular formula is C22H28N2O4. The number of phenols is 2. The summed E-state index contributed by atoms with van der Waals surface area (Å²) in [6, 6.07) is 10.7. The molecule has 0 amide bonds. The van der Waals surface area contributed by atoms with Gasteiger partial charge in [0, 0.05) is 36.6 Å². The maximum Gasteiger partial charge on any atom is 0.166 e. The van der Waals surface area contributed by atoms with Crippen LogP contribution in [0.4, 0.5) is 0 Å². The summed E-state index contributed by atoms with van der Waals surface area (Å²) < 4.78 is 10.2. The molecule has 0 saturated carbocycles. The van der Waals surface area contributed by atoms with Gasteiger partial charge in [-0.1, -0.05) is 25.0 Å². The predicted octanol–water partition coefficient (Wildman–Crippen LogP) is 4.21. The lowest BCUT2D eigenvalue weighted by molar-refractivity contribution is 0.373. The number of aliphatic imine (C=N–C) groups is 2. The Morgan fingerprint density at radius 2 is 1.14 bits per heavy atom. The monoisotopic (exact) mass is 384 g/mol. The first-order chi connectivity index (χ1) is 13.7. The van der Waals surface area contributed by atoms with E-state index in [1.807, 2.05) is 12.1 Å². The molecule has 0 unspecified atom stereocenters. The lowest BCUT2D eigenvalue weighted by atomic mass is 10.2. The first kappa shape index (κ1) is 21.3. The lowest BCUT2D eigenvalue weighted by Gasteiger charge is -2.05. The molecule has 2 aromatic rings. The number of hydrogen-bond acceptors (Lipinski definition) is 6. The van der Waals surface area contributed by atoms with E-state index in [1.165, 1.54) is 14.2 Å². The van der Waals surface area contributed by atoms with Gasteiger partial charge in [0.15, 0.2) is 23.0 Å². The highest BCUT2D eigenvalue weighted by molar-refractivity contribution is 5.85. The molecule has 150 valence electrons. The molecule has 0 bridgehead atoms. The van der Waals surface area contributed by atoms with Crippen molar-refractivity contribution in [2.75, 3.05) is 27.3 Å². The van der Waals surface area contributed by atoms with Crippen molar-refractivity contribution in [1.29, 1.82) is 0 Å². The number of para-hydroxylation sites is 2. The molecule has 2 N–H and O–H groups in total.